The van der Waals surface area contributed by atoms with Gasteiger partial charge in [0.15, 0.2) is 0 Å². The predicted octanol–water partition coefficient (Wildman–Crippen LogP) is 0.785. The van der Waals surface area contributed by atoms with E-state index >= 15 is 0 Å². The Morgan fingerprint density at radius 1 is 1.69 bits per heavy atom. The van der Waals surface area contributed by atoms with Crippen molar-refractivity contribution < 1.29 is 14.6 Å². The van der Waals surface area contributed by atoms with Gasteiger partial charge in [0.2, 0.25) is 11.8 Å². The van der Waals surface area contributed by atoms with Gasteiger partial charge in [-0.2, -0.15) is 4.98 Å². The average Bonchev–Trinajstić information content (AvgIpc) is 2.28. The molecular formula is C10H15N3O3. The number of anilines is 1. The highest BCUT2D eigenvalue weighted by Crippen LogP contribution is 2.13. The minimum atomic E-state index is -0.923. The largest absolute Gasteiger partial charge is 0.480 e. The van der Waals surface area contributed by atoms with Gasteiger partial charge in [-0.3, -0.25) is 0 Å². The van der Waals surface area contributed by atoms with E-state index in [-0.39, 0.29) is 0 Å². The first-order valence-corrected chi connectivity index (χ1v) is 4.97. The fourth-order valence-electron chi connectivity index (χ4n) is 1.07. The molecule has 1 unspecified atom stereocenters. The second-order valence-corrected chi connectivity index (χ2v) is 3.25. The van der Waals surface area contributed by atoms with E-state index in [1.807, 2.05) is 6.92 Å². The summed E-state index contributed by atoms with van der Waals surface area (Å²) in [6.07, 6.45) is 1.54. The molecule has 0 saturated heterocycles. The molecule has 0 aliphatic rings. The molecule has 1 rings (SSSR count). The molecule has 0 saturated carbocycles. The third-order valence-corrected chi connectivity index (χ3v) is 2.16. The number of hydrogen-bond acceptors (Lipinski definition) is 5. The van der Waals surface area contributed by atoms with Crippen LogP contribution in [0.3, 0.4) is 0 Å². The first kappa shape index (κ1) is 12.2. The Hall–Kier alpha value is -1.85. The predicted molar refractivity (Wildman–Crippen MR) is 58.7 cm³/mol. The number of aromatic nitrogens is 2. The Kier molecular flexibility index (Phi) is 4.04. The molecule has 1 N–H and O–H groups in total. The van der Waals surface area contributed by atoms with Crippen molar-refractivity contribution in [3.63, 3.8) is 0 Å². The van der Waals surface area contributed by atoms with E-state index in [1.165, 1.54) is 4.90 Å². The molecule has 0 aliphatic heterocycles. The number of ether oxygens (including phenoxy) is 1. The smallest absolute Gasteiger partial charge is 0.326 e. The maximum absolute atomic E-state index is 10.8. The van der Waals surface area contributed by atoms with Crippen LogP contribution >= 0.6 is 0 Å². The van der Waals surface area contributed by atoms with Crippen LogP contribution in [-0.2, 0) is 4.79 Å². The van der Waals surface area contributed by atoms with Gasteiger partial charge in [0.1, 0.15) is 6.04 Å². The summed E-state index contributed by atoms with van der Waals surface area (Å²) in [5.74, 6) is -0.147. The van der Waals surface area contributed by atoms with Gasteiger partial charge in [-0.15, -0.1) is 0 Å². The number of nitrogens with zero attached hydrogens (tertiary/aromatic N) is 3. The number of carbonyl (C=O) groups is 1. The van der Waals surface area contributed by atoms with Gasteiger partial charge in [0.25, 0.3) is 0 Å². The molecule has 1 aromatic rings. The van der Waals surface area contributed by atoms with E-state index in [1.54, 1.807) is 26.2 Å². The van der Waals surface area contributed by atoms with Crippen molar-refractivity contribution in [2.24, 2.45) is 0 Å². The lowest BCUT2D eigenvalue weighted by Crippen LogP contribution is -2.36. The normalized spacial score (nSPS) is 11.9. The summed E-state index contributed by atoms with van der Waals surface area (Å²) in [5, 5.41) is 8.86. The molecule has 6 nitrogen and oxygen atoms in total. The zero-order valence-electron chi connectivity index (χ0n) is 9.54. The van der Waals surface area contributed by atoms with Crippen LogP contribution in [-0.4, -0.2) is 40.7 Å². The quantitative estimate of drug-likeness (QED) is 0.798. The maximum Gasteiger partial charge on any atom is 0.326 e. The molecule has 1 atom stereocenters. The van der Waals surface area contributed by atoms with E-state index in [4.69, 9.17) is 9.84 Å². The SMILES string of the molecule is CCOc1ccnc(N(C)C(C)C(=O)O)n1. The Morgan fingerprint density at radius 2 is 2.38 bits per heavy atom. The number of likely N-dealkylation sites (N-methyl/N-ethyl adjacent to an activating group) is 1. The summed E-state index contributed by atoms with van der Waals surface area (Å²) >= 11 is 0. The lowest BCUT2D eigenvalue weighted by Gasteiger charge is -2.21. The molecule has 0 spiro atoms. The highest BCUT2D eigenvalue weighted by Gasteiger charge is 2.19. The average molecular weight is 225 g/mol. The van der Waals surface area contributed by atoms with Crippen molar-refractivity contribution >= 4 is 11.9 Å². The molecule has 0 aromatic carbocycles. The minimum absolute atomic E-state index is 0.334. The van der Waals surface area contributed by atoms with Crippen LogP contribution in [0.1, 0.15) is 13.8 Å². The Bertz CT molecular complexity index is 370. The first-order chi connectivity index (χ1) is 7.56. The molecule has 0 aliphatic carbocycles. The molecule has 0 fully saturated rings. The molecule has 0 bridgehead atoms. The van der Waals surface area contributed by atoms with Crippen LogP contribution in [0.5, 0.6) is 5.88 Å². The lowest BCUT2D eigenvalue weighted by molar-refractivity contribution is -0.138. The van der Waals surface area contributed by atoms with Crippen LogP contribution < -0.4 is 9.64 Å². The van der Waals surface area contributed by atoms with Gasteiger partial charge in [-0.05, 0) is 13.8 Å². The molecule has 1 heterocycles. The van der Waals surface area contributed by atoms with Gasteiger partial charge in [0.05, 0.1) is 6.61 Å². The minimum Gasteiger partial charge on any atom is -0.480 e. The highest BCUT2D eigenvalue weighted by atomic mass is 16.5. The third kappa shape index (κ3) is 2.82. The summed E-state index contributed by atoms with van der Waals surface area (Å²) in [4.78, 5) is 20.4. The van der Waals surface area contributed by atoms with Crippen LogP contribution in [0, 0.1) is 0 Å². The number of rotatable bonds is 5. The summed E-state index contributed by atoms with van der Waals surface area (Å²) < 4.78 is 5.21. The standard InChI is InChI=1S/C10H15N3O3/c1-4-16-8-5-6-11-10(12-8)13(3)7(2)9(14)15/h5-7H,4H2,1-3H3,(H,14,15). The lowest BCUT2D eigenvalue weighted by atomic mass is 10.3. The van der Waals surface area contributed by atoms with Crippen molar-refractivity contribution in [1.29, 1.82) is 0 Å². The molecule has 88 valence electrons. The van der Waals surface area contributed by atoms with E-state index in [9.17, 15) is 4.79 Å². The number of carboxylic acids is 1. The fourth-order valence-corrected chi connectivity index (χ4v) is 1.07. The summed E-state index contributed by atoms with van der Waals surface area (Å²) in [6.45, 7) is 3.93. The summed E-state index contributed by atoms with van der Waals surface area (Å²) in [5.41, 5.74) is 0. The topological polar surface area (TPSA) is 75.5 Å². The van der Waals surface area contributed by atoms with Gasteiger partial charge >= 0.3 is 5.97 Å². The van der Waals surface area contributed by atoms with Crippen molar-refractivity contribution in [2.45, 2.75) is 19.9 Å². The molecular weight excluding hydrogens is 210 g/mol. The van der Waals surface area contributed by atoms with Gasteiger partial charge in [-0.25, -0.2) is 9.78 Å². The van der Waals surface area contributed by atoms with E-state index in [0.717, 1.165) is 0 Å². The first-order valence-electron chi connectivity index (χ1n) is 4.97. The summed E-state index contributed by atoms with van der Waals surface area (Å²) in [7, 11) is 1.63. The van der Waals surface area contributed by atoms with Gasteiger partial charge in [-0.1, -0.05) is 0 Å². The van der Waals surface area contributed by atoms with Crippen LogP contribution in [0.2, 0.25) is 0 Å². The maximum atomic E-state index is 10.8. The molecule has 16 heavy (non-hydrogen) atoms. The van der Waals surface area contributed by atoms with Gasteiger partial charge < -0.3 is 14.7 Å². The molecule has 1 aromatic heterocycles. The number of hydrogen-bond donors (Lipinski definition) is 1. The zero-order valence-corrected chi connectivity index (χ0v) is 9.54. The van der Waals surface area contributed by atoms with E-state index in [0.29, 0.717) is 18.4 Å². The third-order valence-electron chi connectivity index (χ3n) is 2.16. The molecule has 0 radical (unpaired) electrons. The zero-order chi connectivity index (χ0) is 12.1. The molecule has 0 amide bonds. The highest BCUT2D eigenvalue weighted by molar-refractivity contribution is 5.76. The Morgan fingerprint density at radius 3 is 2.94 bits per heavy atom. The second-order valence-electron chi connectivity index (χ2n) is 3.25. The Balaban J connectivity index is 2.86. The van der Waals surface area contributed by atoms with Gasteiger partial charge in [0, 0.05) is 19.3 Å². The number of carboxylic acid groups (broad SMARTS) is 1. The second kappa shape index (κ2) is 5.29. The molecule has 6 heteroatoms. The van der Waals surface area contributed by atoms with E-state index in [2.05, 4.69) is 9.97 Å². The number of aliphatic carboxylic acids is 1. The Labute approximate surface area is 93.9 Å². The van der Waals surface area contributed by atoms with Crippen molar-refractivity contribution in [3.05, 3.63) is 12.3 Å². The van der Waals surface area contributed by atoms with Crippen LogP contribution in [0.25, 0.3) is 0 Å². The van der Waals surface area contributed by atoms with E-state index < -0.39 is 12.0 Å². The monoisotopic (exact) mass is 225 g/mol. The fraction of sp³-hybridized carbons (Fsp3) is 0.500. The van der Waals surface area contributed by atoms with Crippen LogP contribution in [0.15, 0.2) is 12.3 Å². The van der Waals surface area contributed by atoms with Crippen molar-refractivity contribution in [2.75, 3.05) is 18.6 Å². The van der Waals surface area contributed by atoms with Crippen molar-refractivity contribution in [1.82, 2.24) is 9.97 Å². The van der Waals surface area contributed by atoms with Crippen molar-refractivity contribution in [3.8, 4) is 5.88 Å². The summed E-state index contributed by atoms with van der Waals surface area (Å²) in [6, 6.07) is 0.948. The van der Waals surface area contributed by atoms with Crippen LogP contribution in [0.4, 0.5) is 5.95 Å².